The van der Waals surface area contributed by atoms with Crippen LogP contribution in [0.2, 0.25) is 0 Å². The minimum Gasteiger partial charge on any atom is -0.377 e. The van der Waals surface area contributed by atoms with Gasteiger partial charge in [0.1, 0.15) is 12.2 Å². The normalized spacial score (nSPS) is 27.9. The van der Waals surface area contributed by atoms with Crippen LogP contribution in [0, 0.1) is 17.8 Å². The molecule has 0 saturated heterocycles. The summed E-state index contributed by atoms with van der Waals surface area (Å²) in [6.07, 6.45) is 4.21. The molecule has 0 aromatic rings. The quantitative estimate of drug-likeness (QED) is 0.599. The lowest BCUT2D eigenvalue weighted by Crippen LogP contribution is -2.41. The molecular formula is C14H24O4. The Labute approximate surface area is 110 Å². The van der Waals surface area contributed by atoms with Crippen LogP contribution in [0.4, 0.5) is 0 Å². The molecular weight excluding hydrogens is 232 g/mol. The summed E-state index contributed by atoms with van der Waals surface area (Å²) < 4.78 is 15.3. The van der Waals surface area contributed by atoms with Gasteiger partial charge in [-0.15, -0.1) is 0 Å². The van der Waals surface area contributed by atoms with Crippen molar-refractivity contribution in [2.75, 3.05) is 27.9 Å². The second-order valence-corrected chi connectivity index (χ2v) is 4.74. The van der Waals surface area contributed by atoms with Crippen molar-refractivity contribution in [2.45, 2.75) is 44.0 Å². The number of methoxy groups -OCH3 is 3. The topological polar surface area (TPSA) is 47.9 Å². The number of ether oxygens (including phenoxy) is 3. The lowest BCUT2D eigenvalue weighted by atomic mass is 9.74. The molecule has 4 heteroatoms. The monoisotopic (exact) mass is 256 g/mol. The third kappa shape index (κ3) is 4.25. The van der Waals surface area contributed by atoms with E-state index in [2.05, 4.69) is 11.8 Å². The lowest BCUT2D eigenvalue weighted by Gasteiger charge is -2.37. The average molecular weight is 256 g/mol. The molecule has 2 atom stereocenters. The van der Waals surface area contributed by atoms with Gasteiger partial charge in [0.05, 0.1) is 0 Å². The van der Waals surface area contributed by atoms with Gasteiger partial charge in [-0.3, -0.25) is 0 Å². The largest absolute Gasteiger partial charge is 0.377 e. The molecule has 1 saturated carbocycles. The maximum Gasteiger partial charge on any atom is 0.157 e. The Bertz CT molecular complexity index is 290. The Balaban J connectivity index is 2.69. The fraction of sp³-hybridized carbons (Fsp3) is 0.857. The number of hydrogen-bond acceptors (Lipinski definition) is 4. The van der Waals surface area contributed by atoms with Crippen molar-refractivity contribution in [3.63, 3.8) is 0 Å². The van der Waals surface area contributed by atoms with E-state index in [9.17, 15) is 5.11 Å². The smallest absolute Gasteiger partial charge is 0.157 e. The zero-order valence-corrected chi connectivity index (χ0v) is 11.6. The highest BCUT2D eigenvalue weighted by atomic mass is 16.7. The third-order valence-electron chi connectivity index (χ3n) is 3.56. The molecule has 0 bridgehead atoms. The van der Waals surface area contributed by atoms with Gasteiger partial charge in [0.15, 0.2) is 6.29 Å². The molecule has 18 heavy (non-hydrogen) atoms. The summed E-state index contributed by atoms with van der Waals surface area (Å²) in [7, 11) is 4.84. The van der Waals surface area contributed by atoms with E-state index in [4.69, 9.17) is 14.2 Å². The summed E-state index contributed by atoms with van der Waals surface area (Å²) in [6.45, 7) is 0.354. The van der Waals surface area contributed by atoms with Gasteiger partial charge in [-0.2, -0.15) is 0 Å². The number of aliphatic hydroxyl groups is 1. The molecule has 0 spiro atoms. The van der Waals surface area contributed by atoms with Crippen molar-refractivity contribution in [1.82, 2.24) is 0 Å². The van der Waals surface area contributed by atoms with Gasteiger partial charge in [-0.25, -0.2) is 0 Å². The first-order chi connectivity index (χ1) is 8.66. The van der Waals surface area contributed by atoms with Crippen LogP contribution in [-0.2, 0) is 14.2 Å². The minimum atomic E-state index is -0.925. The third-order valence-corrected chi connectivity index (χ3v) is 3.56. The Morgan fingerprint density at radius 2 is 2.00 bits per heavy atom. The van der Waals surface area contributed by atoms with Crippen molar-refractivity contribution < 1.29 is 19.3 Å². The Morgan fingerprint density at radius 3 is 2.61 bits per heavy atom. The van der Waals surface area contributed by atoms with Crippen molar-refractivity contribution in [3.05, 3.63) is 0 Å². The van der Waals surface area contributed by atoms with Crippen LogP contribution < -0.4 is 0 Å². The van der Waals surface area contributed by atoms with Crippen LogP contribution in [0.1, 0.15) is 32.1 Å². The van der Waals surface area contributed by atoms with E-state index in [1.807, 2.05) is 0 Å². The highest BCUT2D eigenvalue weighted by molar-refractivity contribution is 5.17. The van der Waals surface area contributed by atoms with Gasteiger partial charge in [0.25, 0.3) is 0 Å². The van der Waals surface area contributed by atoms with Gasteiger partial charge in [-0.05, 0) is 19.3 Å². The molecule has 4 nitrogen and oxygen atoms in total. The summed E-state index contributed by atoms with van der Waals surface area (Å²) in [4.78, 5) is 0. The molecule has 0 heterocycles. The maximum absolute atomic E-state index is 10.7. The summed E-state index contributed by atoms with van der Waals surface area (Å²) in [5.74, 6) is 5.95. The van der Waals surface area contributed by atoms with Gasteiger partial charge < -0.3 is 19.3 Å². The van der Waals surface area contributed by atoms with Crippen LogP contribution in [0.25, 0.3) is 0 Å². The molecule has 104 valence electrons. The van der Waals surface area contributed by atoms with Crippen molar-refractivity contribution in [1.29, 1.82) is 0 Å². The van der Waals surface area contributed by atoms with E-state index in [-0.39, 0.29) is 12.2 Å². The predicted molar refractivity (Wildman–Crippen MR) is 69.0 cm³/mol. The fourth-order valence-electron chi connectivity index (χ4n) is 2.49. The van der Waals surface area contributed by atoms with Crippen LogP contribution >= 0.6 is 0 Å². The summed E-state index contributed by atoms with van der Waals surface area (Å²) >= 11 is 0. The molecule has 0 aliphatic heterocycles. The van der Waals surface area contributed by atoms with Crippen molar-refractivity contribution in [2.24, 2.45) is 5.92 Å². The molecule has 0 amide bonds. The van der Waals surface area contributed by atoms with Crippen LogP contribution in [0.15, 0.2) is 0 Å². The first-order valence-corrected chi connectivity index (χ1v) is 6.43. The van der Waals surface area contributed by atoms with E-state index < -0.39 is 5.60 Å². The predicted octanol–water partition coefficient (Wildman–Crippen LogP) is 1.57. The molecule has 0 aromatic heterocycles. The average Bonchev–Trinajstić information content (AvgIpc) is 2.38. The van der Waals surface area contributed by atoms with E-state index in [0.717, 1.165) is 19.3 Å². The molecule has 1 fully saturated rings. The molecule has 1 aliphatic carbocycles. The van der Waals surface area contributed by atoms with E-state index in [1.54, 1.807) is 21.3 Å². The van der Waals surface area contributed by atoms with Crippen LogP contribution in [0.3, 0.4) is 0 Å². The van der Waals surface area contributed by atoms with Gasteiger partial charge in [0, 0.05) is 33.7 Å². The van der Waals surface area contributed by atoms with Crippen LogP contribution in [-0.4, -0.2) is 44.9 Å². The minimum absolute atomic E-state index is 0.0977. The summed E-state index contributed by atoms with van der Waals surface area (Å²) in [6, 6.07) is 0. The first-order valence-electron chi connectivity index (χ1n) is 6.43. The Morgan fingerprint density at radius 1 is 1.28 bits per heavy atom. The molecule has 0 radical (unpaired) electrons. The fourth-order valence-corrected chi connectivity index (χ4v) is 2.49. The van der Waals surface area contributed by atoms with Crippen LogP contribution in [0.5, 0.6) is 0 Å². The number of hydrogen-bond donors (Lipinski definition) is 1. The highest BCUT2D eigenvalue weighted by Gasteiger charge is 2.38. The lowest BCUT2D eigenvalue weighted by molar-refractivity contribution is -0.132. The van der Waals surface area contributed by atoms with Crippen molar-refractivity contribution in [3.8, 4) is 11.8 Å². The number of rotatable bonds is 5. The van der Waals surface area contributed by atoms with Crippen molar-refractivity contribution >= 4 is 0 Å². The maximum atomic E-state index is 10.7. The second kappa shape index (κ2) is 7.75. The molecule has 1 unspecified atom stereocenters. The second-order valence-electron chi connectivity index (χ2n) is 4.74. The van der Waals surface area contributed by atoms with Gasteiger partial charge >= 0.3 is 0 Å². The Kier molecular flexibility index (Phi) is 6.66. The highest BCUT2D eigenvalue weighted by Crippen LogP contribution is 2.36. The molecule has 1 aliphatic rings. The summed E-state index contributed by atoms with van der Waals surface area (Å²) in [5.41, 5.74) is -0.925. The van der Waals surface area contributed by atoms with Gasteiger partial charge in [-0.1, -0.05) is 18.3 Å². The molecule has 1 N–H and O–H groups in total. The molecule has 1 rings (SSSR count). The Hall–Kier alpha value is -0.600. The van der Waals surface area contributed by atoms with E-state index >= 15 is 0 Å². The zero-order chi connectivity index (χ0) is 13.4. The summed E-state index contributed by atoms with van der Waals surface area (Å²) in [5, 5.41) is 10.7. The standard InChI is InChI=1S/C14H24O4/c1-16-10-6-9-14(15)8-5-4-7-12(14)11-13(17-2)18-3/h12-13,15H,4-5,7-8,10-11H2,1-3H3/t12?,14-/m0/s1. The van der Waals surface area contributed by atoms with Gasteiger partial charge in [0.2, 0.25) is 0 Å². The van der Waals surface area contributed by atoms with E-state index in [0.29, 0.717) is 19.4 Å². The molecule has 0 aromatic carbocycles. The first kappa shape index (κ1) is 15.5. The zero-order valence-electron chi connectivity index (χ0n) is 11.6. The van der Waals surface area contributed by atoms with E-state index in [1.165, 1.54) is 0 Å². The SMILES string of the molecule is COCC#C[C@@]1(O)CCCCC1CC(OC)OC.